The van der Waals surface area contributed by atoms with Gasteiger partial charge in [0.05, 0.1) is 0 Å². The fourth-order valence-electron chi connectivity index (χ4n) is 3.06. The van der Waals surface area contributed by atoms with Crippen molar-refractivity contribution in [1.82, 2.24) is 0 Å². The molecule has 0 aromatic heterocycles. The second-order valence-electron chi connectivity index (χ2n) is 6.46. The summed E-state index contributed by atoms with van der Waals surface area (Å²) in [5.41, 5.74) is 0.810. The molecule has 2 radical (unpaired) electrons. The normalized spacial score (nSPS) is 11.6. The van der Waals surface area contributed by atoms with E-state index >= 15 is 0 Å². The van der Waals surface area contributed by atoms with Crippen LogP contribution in [-0.2, 0) is 0 Å². The van der Waals surface area contributed by atoms with Gasteiger partial charge in [-0.1, -0.05) is 0 Å². The van der Waals surface area contributed by atoms with Crippen LogP contribution < -0.4 is 3.58 Å². The van der Waals surface area contributed by atoms with Crippen LogP contribution in [0.25, 0.3) is 0 Å². The zero-order chi connectivity index (χ0) is 16.3. The molecule has 1 aromatic carbocycles. The monoisotopic (exact) mass is 408 g/mol. The first-order valence-electron chi connectivity index (χ1n) is 9.03. The molecule has 1 rings (SSSR count). The van der Waals surface area contributed by atoms with Crippen LogP contribution >= 0.6 is 0 Å². The predicted molar refractivity (Wildman–Crippen MR) is 98.5 cm³/mol. The van der Waals surface area contributed by atoms with Gasteiger partial charge in [0.25, 0.3) is 0 Å². The first-order chi connectivity index (χ1) is 10.7. The van der Waals surface area contributed by atoms with Crippen molar-refractivity contribution in [3.63, 3.8) is 0 Å². The van der Waals surface area contributed by atoms with Crippen LogP contribution in [0.4, 0.5) is 0 Å². The molecule has 0 saturated heterocycles. The summed E-state index contributed by atoms with van der Waals surface area (Å²) in [7, 11) is 0. The van der Waals surface area contributed by atoms with Crippen molar-refractivity contribution in [2.24, 2.45) is 0 Å². The Morgan fingerprint density at radius 1 is 0.864 bits per heavy atom. The molecule has 0 heterocycles. The molecule has 0 N–H and O–H groups in total. The Morgan fingerprint density at radius 3 is 1.68 bits per heavy atom. The van der Waals surface area contributed by atoms with E-state index in [2.05, 4.69) is 32.9 Å². The zero-order valence-electron chi connectivity index (χ0n) is 14.7. The van der Waals surface area contributed by atoms with Gasteiger partial charge in [0.15, 0.2) is 0 Å². The Labute approximate surface area is 147 Å². The van der Waals surface area contributed by atoms with Gasteiger partial charge < -0.3 is 0 Å². The standard InChI is InChI=1S/C13H27.C7H5O.Sn/c1-4-7-10-13(11-8-5-2)12-9-6-3;8-6-7-4-2-1-3-5-7;/h4-12H2,1-3H3;2-6H;. The summed E-state index contributed by atoms with van der Waals surface area (Å²) in [4.78, 5) is 10.8. The first-order valence-corrected chi connectivity index (χ1v) is 11.9. The first kappa shape index (κ1) is 19.7. The van der Waals surface area contributed by atoms with E-state index in [0.717, 1.165) is 11.8 Å². The van der Waals surface area contributed by atoms with Crippen LogP contribution in [0.3, 0.4) is 0 Å². The molecule has 0 aliphatic carbocycles. The molecule has 0 spiro atoms. The molecule has 22 heavy (non-hydrogen) atoms. The van der Waals surface area contributed by atoms with Gasteiger partial charge in [-0.2, -0.15) is 0 Å². The Kier molecular flexibility index (Phi) is 10.1. The van der Waals surface area contributed by atoms with Gasteiger partial charge in [-0.15, -0.1) is 0 Å². The van der Waals surface area contributed by atoms with Gasteiger partial charge in [-0.05, 0) is 0 Å². The summed E-state index contributed by atoms with van der Waals surface area (Å²) in [5.74, 6) is 0. The third-order valence-corrected chi connectivity index (χ3v) is 9.91. The van der Waals surface area contributed by atoms with E-state index in [0.29, 0.717) is 3.43 Å². The summed E-state index contributed by atoms with van der Waals surface area (Å²) in [6, 6.07) is 8.48. The van der Waals surface area contributed by atoms with Gasteiger partial charge in [-0.25, -0.2) is 0 Å². The molecule has 122 valence electrons. The van der Waals surface area contributed by atoms with Crippen LogP contribution in [0.15, 0.2) is 24.3 Å². The van der Waals surface area contributed by atoms with E-state index in [1.807, 2.05) is 12.1 Å². The number of rotatable bonds is 12. The quantitative estimate of drug-likeness (QED) is 0.328. The van der Waals surface area contributed by atoms with Gasteiger partial charge >= 0.3 is 148 Å². The Morgan fingerprint density at radius 2 is 1.32 bits per heavy atom. The fourth-order valence-corrected chi connectivity index (χ4v) is 8.34. The van der Waals surface area contributed by atoms with E-state index in [1.165, 1.54) is 57.8 Å². The van der Waals surface area contributed by atoms with E-state index < -0.39 is 21.1 Å². The van der Waals surface area contributed by atoms with Crippen LogP contribution in [0.2, 0.25) is 3.43 Å². The third-order valence-electron chi connectivity index (χ3n) is 4.48. The second kappa shape index (κ2) is 11.3. The molecule has 0 aliphatic rings. The predicted octanol–water partition coefficient (Wildman–Crippen LogP) is 5.56. The summed E-state index contributed by atoms with van der Waals surface area (Å²) >= 11 is -0.636. The third kappa shape index (κ3) is 6.85. The topological polar surface area (TPSA) is 17.1 Å². The molecular weight excluding hydrogens is 375 g/mol. The van der Waals surface area contributed by atoms with Crippen molar-refractivity contribution < 1.29 is 4.79 Å². The molecule has 1 nitrogen and oxygen atoms in total. The zero-order valence-corrected chi connectivity index (χ0v) is 17.5. The van der Waals surface area contributed by atoms with Crippen molar-refractivity contribution in [3.05, 3.63) is 29.8 Å². The summed E-state index contributed by atoms with van der Waals surface area (Å²) in [6.45, 7) is 6.94. The maximum atomic E-state index is 10.8. The van der Waals surface area contributed by atoms with Gasteiger partial charge in [0.1, 0.15) is 0 Å². The average Bonchev–Trinajstić information content (AvgIpc) is 2.56. The molecule has 2 heteroatoms. The van der Waals surface area contributed by atoms with Crippen molar-refractivity contribution in [1.29, 1.82) is 0 Å². The average molecular weight is 407 g/mol. The molecule has 0 amide bonds. The molecule has 1 aromatic rings. The SMILES string of the molecule is CCCC[C](CCCC)(CCCC)[Sn][c]1ccc(C=O)cc1. The summed E-state index contributed by atoms with van der Waals surface area (Å²) in [5, 5.41) is 0. The molecule has 0 fully saturated rings. The number of aldehydes is 1. The molecular formula is C20H32OSn. The van der Waals surface area contributed by atoms with Crippen LogP contribution in [0.1, 0.15) is 88.9 Å². The van der Waals surface area contributed by atoms with Gasteiger partial charge in [-0.3, -0.25) is 0 Å². The summed E-state index contributed by atoms with van der Waals surface area (Å²) < 4.78 is 2.20. The van der Waals surface area contributed by atoms with Crippen LogP contribution in [0.5, 0.6) is 0 Å². The van der Waals surface area contributed by atoms with E-state index in [-0.39, 0.29) is 0 Å². The van der Waals surface area contributed by atoms with Crippen LogP contribution in [-0.4, -0.2) is 27.4 Å². The number of benzene rings is 1. The van der Waals surface area contributed by atoms with Crippen molar-refractivity contribution in [2.45, 2.75) is 82.0 Å². The Hall–Kier alpha value is -0.311. The molecule has 0 saturated carbocycles. The number of hydrogen-bond acceptors (Lipinski definition) is 1. The molecule has 0 bridgehead atoms. The van der Waals surface area contributed by atoms with Crippen molar-refractivity contribution >= 4 is 31.0 Å². The van der Waals surface area contributed by atoms with Gasteiger partial charge in [0, 0.05) is 0 Å². The molecule has 0 unspecified atom stereocenters. The second-order valence-corrected chi connectivity index (χ2v) is 11.8. The molecule has 0 aliphatic heterocycles. The number of carbonyl (C=O) groups excluding carboxylic acids is 1. The Bertz CT molecular complexity index is 388. The summed E-state index contributed by atoms with van der Waals surface area (Å²) in [6.07, 6.45) is 13.3. The van der Waals surface area contributed by atoms with Gasteiger partial charge in [0.2, 0.25) is 0 Å². The molecule has 0 atom stereocenters. The maximum absolute atomic E-state index is 10.8. The minimum atomic E-state index is -0.636. The van der Waals surface area contributed by atoms with Crippen molar-refractivity contribution in [3.8, 4) is 0 Å². The van der Waals surface area contributed by atoms with E-state index in [9.17, 15) is 4.79 Å². The number of carbonyl (C=O) groups is 1. The van der Waals surface area contributed by atoms with E-state index in [4.69, 9.17) is 0 Å². The number of unbranched alkanes of at least 4 members (excludes halogenated alkanes) is 3. The Balaban J connectivity index is 2.89. The minimum absolute atomic E-state index is 0.633. The number of hydrogen-bond donors (Lipinski definition) is 0. The van der Waals surface area contributed by atoms with E-state index in [1.54, 1.807) is 3.58 Å². The van der Waals surface area contributed by atoms with Crippen molar-refractivity contribution in [2.75, 3.05) is 0 Å². The van der Waals surface area contributed by atoms with Crippen LogP contribution in [0, 0.1) is 0 Å². The fraction of sp³-hybridized carbons (Fsp3) is 0.650.